The summed E-state index contributed by atoms with van der Waals surface area (Å²) in [6, 6.07) is 0.119. The van der Waals surface area contributed by atoms with Crippen LogP contribution in [0.3, 0.4) is 0 Å². The van der Waals surface area contributed by atoms with E-state index >= 15 is 0 Å². The van der Waals surface area contributed by atoms with E-state index in [1.165, 1.54) is 0 Å². The van der Waals surface area contributed by atoms with Crippen LogP contribution in [0.15, 0.2) is 12.2 Å². The molecule has 1 saturated heterocycles. The van der Waals surface area contributed by atoms with Crippen LogP contribution in [0.4, 0.5) is 0 Å². The van der Waals surface area contributed by atoms with Crippen LogP contribution in [0.1, 0.15) is 6.92 Å². The maximum atomic E-state index is 11.3. The highest BCUT2D eigenvalue weighted by atomic mass is 35.5. The van der Waals surface area contributed by atoms with Crippen LogP contribution >= 0.6 is 11.6 Å². The van der Waals surface area contributed by atoms with Crippen molar-refractivity contribution in [1.29, 1.82) is 0 Å². The highest BCUT2D eigenvalue weighted by molar-refractivity contribution is 7.91. The fourth-order valence-electron chi connectivity index (χ4n) is 1.58. The first-order valence-electron chi connectivity index (χ1n) is 4.70. The van der Waals surface area contributed by atoms with Gasteiger partial charge < -0.3 is 0 Å². The number of alkyl halides is 1. The quantitative estimate of drug-likeness (QED) is 0.541. The number of nitrogens with zero attached hydrogens (tertiary/aromatic N) is 1. The van der Waals surface area contributed by atoms with Crippen molar-refractivity contribution in [3.8, 4) is 0 Å². The van der Waals surface area contributed by atoms with Gasteiger partial charge in [0.05, 0.1) is 11.5 Å². The Morgan fingerprint density at radius 2 is 2.21 bits per heavy atom. The molecule has 0 aliphatic carbocycles. The highest BCUT2D eigenvalue weighted by Crippen LogP contribution is 2.10. The second-order valence-corrected chi connectivity index (χ2v) is 6.12. The van der Waals surface area contributed by atoms with Crippen LogP contribution < -0.4 is 0 Å². The molecule has 5 heteroatoms. The van der Waals surface area contributed by atoms with Gasteiger partial charge in [0.1, 0.15) is 0 Å². The molecular formula is C9H16ClNO2S. The number of rotatable bonds is 3. The Morgan fingerprint density at radius 1 is 1.50 bits per heavy atom. The zero-order valence-electron chi connectivity index (χ0n) is 8.32. The Labute approximate surface area is 90.7 Å². The van der Waals surface area contributed by atoms with Crippen LogP contribution in [0.2, 0.25) is 0 Å². The van der Waals surface area contributed by atoms with E-state index in [0.717, 1.165) is 6.54 Å². The molecule has 82 valence electrons. The molecule has 0 radical (unpaired) electrons. The summed E-state index contributed by atoms with van der Waals surface area (Å²) in [6.45, 7) is 3.38. The van der Waals surface area contributed by atoms with E-state index in [9.17, 15) is 8.42 Å². The third kappa shape index (κ3) is 3.59. The first-order valence-corrected chi connectivity index (χ1v) is 7.06. The molecule has 0 spiro atoms. The third-order valence-corrected chi connectivity index (χ3v) is 4.38. The van der Waals surface area contributed by atoms with E-state index in [-0.39, 0.29) is 17.5 Å². The Kier molecular flexibility index (Phi) is 4.41. The number of sulfone groups is 1. The Hall–Kier alpha value is -0.0600. The molecule has 0 aromatic carbocycles. The molecule has 1 heterocycles. The molecular weight excluding hydrogens is 222 g/mol. The summed E-state index contributed by atoms with van der Waals surface area (Å²) in [6.07, 6.45) is 3.87. The Bertz CT molecular complexity index is 300. The molecule has 0 amide bonds. The fourth-order valence-corrected chi connectivity index (χ4v) is 3.33. The predicted molar refractivity (Wildman–Crippen MR) is 59.5 cm³/mol. The molecule has 1 fully saturated rings. The van der Waals surface area contributed by atoms with Gasteiger partial charge in [-0.2, -0.15) is 0 Å². The van der Waals surface area contributed by atoms with Gasteiger partial charge in [-0.25, -0.2) is 8.42 Å². The van der Waals surface area contributed by atoms with Crippen molar-refractivity contribution >= 4 is 21.4 Å². The van der Waals surface area contributed by atoms with E-state index in [4.69, 9.17) is 11.6 Å². The van der Waals surface area contributed by atoms with Gasteiger partial charge in [0.15, 0.2) is 9.84 Å². The van der Waals surface area contributed by atoms with Crippen molar-refractivity contribution in [1.82, 2.24) is 4.90 Å². The van der Waals surface area contributed by atoms with Crippen molar-refractivity contribution in [3.63, 3.8) is 0 Å². The van der Waals surface area contributed by atoms with Crippen molar-refractivity contribution in [2.45, 2.75) is 13.0 Å². The molecule has 0 aromatic heterocycles. The van der Waals surface area contributed by atoms with E-state index in [1.807, 2.05) is 19.1 Å². The van der Waals surface area contributed by atoms with Crippen LogP contribution in [0.5, 0.6) is 0 Å². The molecule has 0 saturated carbocycles. The fraction of sp³-hybridized carbons (Fsp3) is 0.778. The number of halogens is 1. The van der Waals surface area contributed by atoms with E-state index in [1.54, 1.807) is 0 Å². The number of hydrogen-bond donors (Lipinski definition) is 0. The molecule has 1 atom stereocenters. The van der Waals surface area contributed by atoms with Gasteiger partial charge in [-0.15, -0.1) is 11.6 Å². The van der Waals surface area contributed by atoms with Crippen LogP contribution in [0, 0.1) is 0 Å². The topological polar surface area (TPSA) is 37.4 Å². The van der Waals surface area contributed by atoms with E-state index < -0.39 is 9.84 Å². The minimum Gasteiger partial charge on any atom is -0.295 e. The van der Waals surface area contributed by atoms with Crippen molar-refractivity contribution in [2.24, 2.45) is 0 Å². The molecule has 0 bridgehead atoms. The second kappa shape index (κ2) is 5.14. The van der Waals surface area contributed by atoms with Crippen LogP contribution in [-0.2, 0) is 9.84 Å². The zero-order valence-corrected chi connectivity index (χ0v) is 9.89. The summed E-state index contributed by atoms with van der Waals surface area (Å²) < 4.78 is 22.5. The lowest BCUT2D eigenvalue weighted by atomic mass is 10.3. The molecule has 1 aliphatic heterocycles. The van der Waals surface area contributed by atoms with Crippen molar-refractivity contribution in [3.05, 3.63) is 12.2 Å². The van der Waals surface area contributed by atoms with Crippen molar-refractivity contribution < 1.29 is 8.42 Å². The van der Waals surface area contributed by atoms with Crippen molar-refractivity contribution in [2.75, 3.05) is 30.5 Å². The Balaban J connectivity index is 2.46. The summed E-state index contributed by atoms with van der Waals surface area (Å²) in [5.74, 6) is 1.08. The molecule has 1 aliphatic rings. The lowest BCUT2D eigenvalue weighted by molar-refractivity contribution is 0.251. The van der Waals surface area contributed by atoms with Gasteiger partial charge in [0.25, 0.3) is 0 Å². The third-order valence-electron chi connectivity index (χ3n) is 2.40. The standard InChI is InChI=1S/C9H16ClNO2S/c1-9-8-14(12,13)7-6-11(9)5-3-2-4-10/h2-3,9H,4-8H2,1H3/b3-2+. The smallest absolute Gasteiger partial charge is 0.153 e. The Morgan fingerprint density at radius 3 is 2.79 bits per heavy atom. The van der Waals surface area contributed by atoms with E-state index in [2.05, 4.69) is 4.90 Å². The van der Waals surface area contributed by atoms with E-state index in [0.29, 0.717) is 12.4 Å². The lowest BCUT2D eigenvalue weighted by Gasteiger charge is -2.32. The number of hydrogen-bond acceptors (Lipinski definition) is 3. The lowest BCUT2D eigenvalue weighted by Crippen LogP contribution is -2.46. The molecule has 0 aromatic rings. The van der Waals surface area contributed by atoms with Crippen LogP contribution in [-0.4, -0.2) is 49.8 Å². The average molecular weight is 238 g/mol. The molecule has 1 unspecified atom stereocenters. The van der Waals surface area contributed by atoms with Gasteiger partial charge in [-0.05, 0) is 6.92 Å². The van der Waals surface area contributed by atoms with Gasteiger partial charge in [-0.3, -0.25) is 4.90 Å². The monoisotopic (exact) mass is 237 g/mol. The molecule has 14 heavy (non-hydrogen) atoms. The number of allylic oxidation sites excluding steroid dienone is 1. The molecule has 3 nitrogen and oxygen atoms in total. The van der Waals surface area contributed by atoms with Gasteiger partial charge in [-0.1, -0.05) is 12.2 Å². The minimum absolute atomic E-state index is 0.119. The van der Waals surface area contributed by atoms with Gasteiger partial charge in [0.2, 0.25) is 0 Å². The predicted octanol–water partition coefficient (Wildman–Crippen LogP) is 0.900. The summed E-state index contributed by atoms with van der Waals surface area (Å²) in [5, 5.41) is 0. The van der Waals surface area contributed by atoms with Gasteiger partial charge >= 0.3 is 0 Å². The summed E-state index contributed by atoms with van der Waals surface area (Å²) in [4.78, 5) is 2.16. The average Bonchev–Trinajstić information content (AvgIpc) is 2.08. The summed E-state index contributed by atoms with van der Waals surface area (Å²) in [7, 11) is -2.79. The molecule has 1 rings (SSSR count). The minimum atomic E-state index is -2.79. The summed E-state index contributed by atoms with van der Waals surface area (Å²) >= 11 is 5.50. The maximum Gasteiger partial charge on any atom is 0.153 e. The summed E-state index contributed by atoms with van der Waals surface area (Å²) in [5.41, 5.74) is 0. The zero-order chi connectivity index (χ0) is 10.6. The first kappa shape index (κ1) is 12.0. The largest absolute Gasteiger partial charge is 0.295 e. The molecule has 0 N–H and O–H groups in total. The SMILES string of the molecule is CC1CS(=O)(=O)CCN1C/C=C/CCl. The van der Waals surface area contributed by atoms with Gasteiger partial charge in [0, 0.05) is 25.0 Å². The highest BCUT2D eigenvalue weighted by Gasteiger charge is 2.26. The second-order valence-electron chi connectivity index (χ2n) is 3.58. The van der Waals surface area contributed by atoms with Crippen LogP contribution in [0.25, 0.3) is 0 Å². The normalized spacial score (nSPS) is 28.3. The maximum absolute atomic E-state index is 11.3. The first-order chi connectivity index (χ1) is 6.55.